The van der Waals surface area contributed by atoms with Gasteiger partial charge in [-0.3, -0.25) is 10.9 Å². The Morgan fingerprint density at radius 2 is 1.59 bits per heavy atom. The van der Waals surface area contributed by atoms with Gasteiger partial charge in [-0.2, -0.15) is 0 Å². The van der Waals surface area contributed by atoms with Gasteiger partial charge in [0, 0.05) is 12.1 Å². The number of hydrogen-bond donors (Lipinski definition) is 4. The van der Waals surface area contributed by atoms with Crippen LogP contribution in [0.4, 0.5) is 0 Å². The highest BCUT2D eigenvalue weighted by atomic mass is 32.1. The molecule has 4 nitrogen and oxygen atoms in total. The lowest BCUT2D eigenvalue weighted by Crippen LogP contribution is -2.54. The number of nitrogens with one attached hydrogen (secondary N) is 4. The zero-order valence-electron chi connectivity index (χ0n) is 12.7. The molecule has 3 fully saturated rings. The third kappa shape index (κ3) is 2.95. The van der Waals surface area contributed by atoms with Crippen molar-refractivity contribution in [1.29, 1.82) is 0 Å². The molecule has 4 bridgehead atoms. The molecule has 0 radical (unpaired) electrons. The van der Waals surface area contributed by atoms with Crippen molar-refractivity contribution in [3.8, 4) is 0 Å². The van der Waals surface area contributed by atoms with Gasteiger partial charge >= 0.3 is 0 Å². The van der Waals surface area contributed by atoms with E-state index in [1.54, 1.807) is 0 Å². The van der Waals surface area contributed by atoms with Gasteiger partial charge in [0.05, 0.1) is 0 Å². The van der Waals surface area contributed by atoms with Crippen LogP contribution in [0.25, 0.3) is 0 Å². The Balaban J connectivity index is 1.17. The molecule has 4 aliphatic carbocycles. The van der Waals surface area contributed by atoms with Crippen LogP contribution in [0.15, 0.2) is 12.2 Å². The third-order valence-corrected chi connectivity index (χ3v) is 6.38. The predicted molar refractivity (Wildman–Crippen MR) is 96.1 cm³/mol. The molecular weight excluding hydrogens is 312 g/mol. The molecule has 4 aliphatic rings. The van der Waals surface area contributed by atoms with E-state index in [-0.39, 0.29) is 0 Å². The number of hydrazine groups is 1. The standard InChI is InChI=1S/C16H24N4S2/c21-15(17-13-7-9-1-3-11(13)5-9)19-20-16(22)18-14-8-10-2-4-12(14)6-10/h1,3,9-14H,2,4-8H2,(H2,17,19,21)(H2,18,20,22)/t9-,10+,11-,12-,13+,14-/m0/s1. The molecule has 6 heteroatoms. The normalized spacial score (nSPS) is 40.7. The monoisotopic (exact) mass is 336 g/mol. The average molecular weight is 337 g/mol. The predicted octanol–water partition coefficient (Wildman–Crippen LogP) is 1.98. The van der Waals surface area contributed by atoms with Gasteiger partial charge in [0.15, 0.2) is 10.2 Å². The van der Waals surface area contributed by atoms with Crippen molar-refractivity contribution in [1.82, 2.24) is 21.5 Å². The maximum absolute atomic E-state index is 5.38. The van der Waals surface area contributed by atoms with E-state index < -0.39 is 0 Å². The first-order valence-corrected chi connectivity index (χ1v) is 9.30. The molecule has 4 N–H and O–H groups in total. The summed E-state index contributed by atoms with van der Waals surface area (Å²) in [6.45, 7) is 0. The lowest BCUT2D eigenvalue weighted by atomic mass is 9.96. The van der Waals surface area contributed by atoms with Crippen molar-refractivity contribution in [2.24, 2.45) is 23.7 Å². The first-order valence-electron chi connectivity index (χ1n) is 8.48. The Kier molecular flexibility index (Phi) is 3.98. The van der Waals surface area contributed by atoms with Crippen LogP contribution >= 0.6 is 24.4 Å². The third-order valence-electron chi connectivity index (χ3n) is 5.94. The summed E-state index contributed by atoms with van der Waals surface area (Å²) in [6, 6.07) is 1.03. The minimum Gasteiger partial charge on any atom is -0.358 e. The number of fused-ring (bicyclic) bond motifs is 4. The Bertz CT molecular complexity index is 506. The first kappa shape index (κ1) is 14.7. The van der Waals surface area contributed by atoms with Crippen molar-refractivity contribution >= 4 is 34.7 Å². The van der Waals surface area contributed by atoms with E-state index in [0.717, 1.165) is 17.8 Å². The Hall–Kier alpha value is -0.880. The molecule has 4 rings (SSSR count). The molecule has 6 atom stereocenters. The van der Waals surface area contributed by atoms with Crippen molar-refractivity contribution in [2.75, 3.05) is 0 Å². The van der Waals surface area contributed by atoms with Crippen LogP contribution in [0.2, 0.25) is 0 Å². The van der Waals surface area contributed by atoms with Crippen LogP contribution in [0.3, 0.4) is 0 Å². The first-order chi connectivity index (χ1) is 10.7. The van der Waals surface area contributed by atoms with E-state index >= 15 is 0 Å². The topological polar surface area (TPSA) is 48.1 Å². The minimum atomic E-state index is 0.476. The zero-order chi connectivity index (χ0) is 15.1. The summed E-state index contributed by atoms with van der Waals surface area (Å²) in [5, 5.41) is 8.15. The van der Waals surface area contributed by atoms with Crippen molar-refractivity contribution in [3.63, 3.8) is 0 Å². The highest BCUT2D eigenvalue weighted by Crippen LogP contribution is 2.44. The van der Waals surface area contributed by atoms with Gasteiger partial charge < -0.3 is 10.6 Å². The minimum absolute atomic E-state index is 0.476. The maximum Gasteiger partial charge on any atom is 0.185 e. The summed E-state index contributed by atoms with van der Waals surface area (Å²) >= 11 is 10.7. The second-order valence-corrected chi connectivity index (χ2v) is 8.18. The van der Waals surface area contributed by atoms with Crippen LogP contribution in [0.5, 0.6) is 0 Å². The van der Waals surface area contributed by atoms with E-state index in [1.807, 2.05) is 0 Å². The van der Waals surface area contributed by atoms with Gasteiger partial charge in [-0.05, 0) is 80.2 Å². The quantitative estimate of drug-likeness (QED) is 0.351. The second kappa shape index (κ2) is 5.96. The molecule has 0 spiro atoms. The fourth-order valence-corrected chi connectivity index (χ4v) is 5.30. The number of allylic oxidation sites excluding steroid dienone is 1. The number of hydrogen-bond acceptors (Lipinski definition) is 2. The second-order valence-electron chi connectivity index (χ2n) is 7.37. The van der Waals surface area contributed by atoms with Crippen LogP contribution in [0.1, 0.15) is 38.5 Å². The van der Waals surface area contributed by atoms with Crippen LogP contribution in [-0.2, 0) is 0 Å². The van der Waals surface area contributed by atoms with Crippen molar-refractivity contribution in [3.05, 3.63) is 12.2 Å². The van der Waals surface area contributed by atoms with Gasteiger partial charge in [0.2, 0.25) is 0 Å². The molecule has 3 saturated carbocycles. The van der Waals surface area contributed by atoms with Gasteiger partial charge in [-0.25, -0.2) is 0 Å². The summed E-state index contributed by atoms with van der Waals surface area (Å²) in [6.07, 6.45) is 12.5. The fourth-order valence-electron chi connectivity index (χ4n) is 4.89. The van der Waals surface area contributed by atoms with Crippen molar-refractivity contribution < 1.29 is 0 Å². The fraction of sp³-hybridized carbons (Fsp3) is 0.750. The Morgan fingerprint density at radius 3 is 2.14 bits per heavy atom. The van der Waals surface area contributed by atoms with E-state index in [2.05, 4.69) is 33.6 Å². The smallest absolute Gasteiger partial charge is 0.185 e. The van der Waals surface area contributed by atoms with Crippen LogP contribution < -0.4 is 21.5 Å². The van der Waals surface area contributed by atoms with Gasteiger partial charge in [0.25, 0.3) is 0 Å². The SMILES string of the molecule is S=C(NNC(=S)N[C@@H]1C[C@H]2C=C[C@H]1C2)N[C@H]1C[C@@H]2CC[C@H]1C2. The molecular formula is C16H24N4S2. The molecule has 0 aromatic rings. The molecule has 0 aliphatic heterocycles. The molecule has 0 saturated heterocycles. The molecule has 0 unspecified atom stereocenters. The molecule has 22 heavy (non-hydrogen) atoms. The van der Waals surface area contributed by atoms with Crippen LogP contribution in [0, 0.1) is 23.7 Å². The Morgan fingerprint density at radius 1 is 0.818 bits per heavy atom. The van der Waals surface area contributed by atoms with Gasteiger partial charge in [-0.1, -0.05) is 18.6 Å². The molecule has 0 amide bonds. The number of rotatable bonds is 2. The summed E-state index contributed by atoms with van der Waals surface area (Å²) in [7, 11) is 0. The van der Waals surface area contributed by atoms with E-state index in [1.165, 1.54) is 38.5 Å². The summed E-state index contributed by atoms with van der Waals surface area (Å²) in [5.74, 6) is 3.13. The largest absolute Gasteiger partial charge is 0.358 e. The maximum atomic E-state index is 5.38. The lowest BCUT2D eigenvalue weighted by Gasteiger charge is -2.26. The Labute approximate surface area is 142 Å². The molecule has 0 aromatic heterocycles. The van der Waals surface area contributed by atoms with Crippen LogP contribution in [-0.4, -0.2) is 22.3 Å². The average Bonchev–Trinajstić information content (AvgIpc) is 3.25. The summed E-state index contributed by atoms with van der Waals surface area (Å²) < 4.78 is 0. The highest BCUT2D eigenvalue weighted by Gasteiger charge is 2.39. The van der Waals surface area contributed by atoms with E-state index in [4.69, 9.17) is 24.4 Å². The van der Waals surface area contributed by atoms with E-state index in [0.29, 0.717) is 28.2 Å². The summed E-state index contributed by atoms with van der Waals surface area (Å²) in [4.78, 5) is 0. The van der Waals surface area contributed by atoms with Crippen molar-refractivity contribution in [2.45, 2.75) is 50.6 Å². The molecule has 120 valence electrons. The van der Waals surface area contributed by atoms with Gasteiger partial charge in [-0.15, -0.1) is 0 Å². The lowest BCUT2D eigenvalue weighted by molar-refractivity contribution is 0.388. The summed E-state index contributed by atoms with van der Waals surface area (Å²) in [5.41, 5.74) is 6.06. The molecule has 0 aromatic carbocycles. The molecule has 0 heterocycles. The van der Waals surface area contributed by atoms with Gasteiger partial charge in [0.1, 0.15) is 0 Å². The zero-order valence-corrected chi connectivity index (χ0v) is 14.3. The van der Waals surface area contributed by atoms with E-state index in [9.17, 15) is 0 Å². The highest BCUT2D eigenvalue weighted by molar-refractivity contribution is 7.80. The number of thiocarbonyl (C=S) groups is 2.